The second-order valence-corrected chi connectivity index (χ2v) is 6.71. The Balaban J connectivity index is 2.19. The van der Waals surface area contributed by atoms with Crippen LogP contribution in [-0.4, -0.2) is 26.9 Å². The number of hydrogen-bond acceptors (Lipinski definition) is 4. The molecule has 0 aliphatic carbocycles. The summed E-state index contributed by atoms with van der Waals surface area (Å²) in [6.07, 6.45) is 0. The third-order valence-electron chi connectivity index (χ3n) is 2.97. The second kappa shape index (κ2) is 6.51. The first-order valence-corrected chi connectivity index (χ1v) is 8.19. The molecule has 1 heterocycles. The summed E-state index contributed by atoms with van der Waals surface area (Å²) in [5.74, 6) is 1.24. The van der Waals surface area contributed by atoms with Crippen LogP contribution in [0.3, 0.4) is 0 Å². The van der Waals surface area contributed by atoms with Gasteiger partial charge in [0.05, 0.1) is 13.0 Å². The van der Waals surface area contributed by atoms with Crippen molar-refractivity contribution in [1.82, 2.24) is 4.31 Å². The molecule has 1 aromatic carbocycles. The maximum atomic E-state index is 12.4. The third-order valence-corrected chi connectivity index (χ3v) is 4.91. The summed E-state index contributed by atoms with van der Waals surface area (Å²) in [6, 6.07) is 10.2. The molecule has 0 spiro atoms. The summed E-state index contributed by atoms with van der Waals surface area (Å²) in [7, 11) is -0.616. The molecule has 0 amide bonds. The molecule has 5 nitrogen and oxygen atoms in total. The van der Waals surface area contributed by atoms with Crippen molar-refractivity contribution in [3.05, 3.63) is 47.7 Å². The third kappa shape index (κ3) is 3.58. The molecule has 0 atom stereocenters. The zero-order valence-corrected chi connectivity index (χ0v) is 13.3. The first-order valence-electron chi connectivity index (χ1n) is 6.21. The van der Waals surface area contributed by atoms with Crippen LogP contribution in [0.25, 0.3) is 0 Å². The van der Waals surface area contributed by atoms with Crippen LogP contribution in [0.1, 0.15) is 11.3 Å². The number of ether oxygens (including phenoxy) is 1. The van der Waals surface area contributed by atoms with Crippen molar-refractivity contribution in [2.24, 2.45) is 0 Å². The highest BCUT2D eigenvalue weighted by Gasteiger charge is 2.24. The van der Waals surface area contributed by atoms with Crippen LogP contribution in [0.2, 0.25) is 0 Å². The van der Waals surface area contributed by atoms with Crippen molar-refractivity contribution < 1.29 is 17.6 Å². The molecule has 2 rings (SSSR count). The Labute approximate surface area is 129 Å². The Bertz CT molecular complexity index is 711. The molecule has 0 saturated heterocycles. The van der Waals surface area contributed by atoms with Crippen molar-refractivity contribution in [2.75, 3.05) is 14.2 Å². The highest BCUT2D eigenvalue weighted by Crippen LogP contribution is 2.21. The Morgan fingerprint density at radius 1 is 1.29 bits per heavy atom. The topological polar surface area (TPSA) is 59.8 Å². The molecule has 0 aliphatic rings. The van der Waals surface area contributed by atoms with E-state index in [1.807, 2.05) is 12.1 Å². The van der Waals surface area contributed by atoms with Crippen molar-refractivity contribution >= 4 is 21.6 Å². The van der Waals surface area contributed by atoms with Crippen molar-refractivity contribution in [2.45, 2.75) is 17.5 Å². The Morgan fingerprint density at radius 3 is 2.67 bits per heavy atom. The van der Waals surface area contributed by atoms with Crippen LogP contribution >= 0.6 is 11.6 Å². The van der Waals surface area contributed by atoms with Gasteiger partial charge in [-0.05, 0) is 29.8 Å². The molecule has 1 aromatic heterocycles. The summed E-state index contributed by atoms with van der Waals surface area (Å²) in [6.45, 7) is 0.219. The van der Waals surface area contributed by atoms with E-state index in [1.165, 1.54) is 17.4 Å². The number of halogens is 1. The van der Waals surface area contributed by atoms with Crippen LogP contribution in [0.15, 0.2) is 45.9 Å². The van der Waals surface area contributed by atoms with Gasteiger partial charge < -0.3 is 9.15 Å². The lowest BCUT2D eigenvalue weighted by molar-refractivity contribution is 0.392. The van der Waals surface area contributed by atoms with Crippen LogP contribution in [-0.2, 0) is 22.4 Å². The molecule has 0 fully saturated rings. The zero-order valence-electron chi connectivity index (χ0n) is 11.7. The van der Waals surface area contributed by atoms with Crippen molar-refractivity contribution in [3.63, 3.8) is 0 Å². The normalized spacial score (nSPS) is 11.8. The van der Waals surface area contributed by atoms with E-state index in [4.69, 9.17) is 20.8 Å². The van der Waals surface area contributed by atoms with E-state index in [0.29, 0.717) is 11.5 Å². The standard InChI is InChI=1S/C14H16ClNO4S/c1-16(10-11-4-3-5-12(8-11)19-2)21(17,18)14-7-6-13(9-15)20-14/h3-8H,9-10H2,1-2H3. The number of rotatable bonds is 6. The molecule has 0 aliphatic heterocycles. The van der Waals surface area contributed by atoms with E-state index in [9.17, 15) is 8.42 Å². The zero-order chi connectivity index (χ0) is 15.5. The van der Waals surface area contributed by atoms with Gasteiger partial charge in [0.15, 0.2) is 0 Å². The summed E-state index contributed by atoms with van der Waals surface area (Å²) < 4.78 is 36.3. The lowest BCUT2D eigenvalue weighted by atomic mass is 10.2. The average Bonchev–Trinajstić information content (AvgIpc) is 2.97. The molecular formula is C14H16ClNO4S. The van der Waals surface area contributed by atoms with Gasteiger partial charge in [-0.1, -0.05) is 12.1 Å². The SMILES string of the molecule is COc1cccc(CN(C)S(=O)(=O)c2ccc(CCl)o2)c1. The van der Waals surface area contributed by atoms with E-state index >= 15 is 0 Å². The van der Waals surface area contributed by atoms with E-state index < -0.39 is 10.0 Å². The number of methoxy groups -OCH3 is 1. The largest absolute Gasteiger partial charge is 0.497 e. The molecule has 0 N–H and O–H groups in total. The monoisotopic (exact) mass is 329 g/mol. The lowest BCUT2D eigenvalue weighted by Gasteiger charge is -2.15. The number of nitrogens with zero attached hydrogens (tertiary/aromatic N) is 1. The van der Waals surface area contributed by atoms with Gasteiger partial charge in [-0.2, -0.15) is 4.31 Å². The van der Waals surface area contributed by atoms with Gasteiger partial charge >= 0.3 is 0 Å². The van der Waals surface area contributed by atoms with E-state index in [-0.39, 0.29) is 17.5 Å². The lowest BCUT2D eigenvalue weighted by Crippen LogP contribution is -2.26. The summed E-state index contributed by atoms with van der Waals surface area (Å²) in [4.78, 5) is 0. The fourth-order valence-electron chi connectivity index (χ4n) is 1.84. The quantitative estimate of drug-likeness (QED) is 0.765. The summed E-state index contributed by atoms with van der Waals surface area (Å²) in [5, 5.41) is -0.108. The average molecular weight is 330 g/mol. The smallest absolute Gasteiger partial charge is 0.276 e. The Morgan fingerprint density at radius 2 is 2.05 bits per heavy atom. The van der Waals surface area contributed by atoms with Gasteiger partial charge in [0, 0.05) is 13.6 Å². The first-order chi connectivity index (χ1) is 9.97. The molecule has 0 radical (unpaired) electrons. The fourth-order valence-corrected chi connectivity index (χ4v) is 3.06. The molecular weight excluding hydrogens is 314 g/mol. The maximum absolute atomic E-state index is 12.4. The minimum Gasteiger partial charge on any atom is -0.497 e. The highest BCUT2D eigenvalue weighted by atomic mass is 35.5. The van der Waals surface area contributed by atoms with E-state index in [1.54, 1.807) is 25.3 Å². The number of benzene rings is 1. The fraction of sp³-hybridized carbons (Fsp3) is 0.286. The number of furan rings is 1. The highest BCUT2D eigenvalue weighted by molar-refractivity contribution is 7.88. The predicted molar refractivity (Wildman–Crippen MR) is 79.9 cm³/mol. The second-order valence-electron chi connectivity index (χ2n) is 4.47. The molecule has 0 unspecified atom stereocenters. The molecule has 114 valence electrons. The van der Waals surface area contributed by atoms with Gasteiger partial charge in [-0.25, -0.2) is 8.42 Å². The summed E-state index contributed by atoms with van der Waals surface area (Å²) in [5.41, 5.74) is 0.824. The molecule has 0 bridgehead atoms. The maximum Gasteiger partial charge on any atom is 0.276 e. The van der Waals surface area contributed by atoms with Gasteiger partial charge in [0.2, 0.25) is 5.09 Å². The first kappa shape index (κ1) is 15.9. The van der Waals surface area contributed by atoms with Crippen LogP contribution in [0, 0.1) is 0 Å². The minimum absolute atomic E-state index is 0.108. The number of sulfonamides is 1. The molecule has 2 aromatic rings. The Kier molecular flexibility index (Phi) is 4.92. The van der Waals surface area contributed by atoms with Crippen LogP contribution in [0.4, 0.5) is 0 Å². The summed E-state index contributed by atoms with van der Waals surface area (Å²) >= 11 is 5.62. The van der Waals surface area contributed by atoms with Gasteiger partial charge in [0.1, 0.15) is 11.5 Å². The predicted octanol–water partition coefficient (Wildman–Crippen LogP) is 2.85. The van der Waals surface area contributed by atoms with Gasteiger partial charge in [-0.3, -0.25) is 0 Å². The molecule has 21 heavy (non-hydrogen) atoms. The van der Waals surface area contributed by atoms with E-state index in [2.05, 4.69) is 0 Å². The molecule has 7 heteroatoms. The minimum atomic E-state index is -3.68. The number of alkyl halides is 1. The molecule has 0 saturated carbocycles. The van der Waals surface area contributed by atoms with Gasteiger partial charge in [-0.15, -0.1) is 11.6 Å². The van der Waals surface area contributed by atoms with Crippen molar-refractivity contribution in [1.29, 1.82) is 0 Å². The number of hydrogen-bond donors (Lipinski definition) is 0. The van der Waals surface area contributed by atoms with Crippen LogP contribution < -0.4 is 4.74 Å². The Hall–Kier alpha value is -1.50. The van der Waals surface area contributed by atoms with Gasteiger partial charge in [0.25, 0.3) is 10.0 Å². The van der Waals surface area contributed by atoms with Crippen molar-refractivity contribution in [3.8, 4) is 5.75 Å². The van der Waals surface area contributed by atoms with E-state index in [0.717, 1.165) is 5.56 Å². The van der Waals surface area contributed by atoms with Crippen LogP contribution in [0.5, 0.6) is 5.75 Å².